The summed E-state index contributed by atoms with van der Waals surface area (Å²) in [5.74, 6) is 1.10. The van der Waals surface area contributed by atoms with E-state index >= 15 is 0 Å². The quantitative estimate of drug-likeness (QED) is 0.781. The van der Waals surface area contributed by atoms with Gasteiger partial charge in [0.05, 0.1) is 4.90 Å². The van der Waals surface area contributed by atoms with Gasteiger partial charge in [-0.3, -0.25) is 0 Å². The molecular weight excluding hydrogens is 268 g/mol. The Balaban J connectivity index is 2.74. The standard InChI is InChI=1S/C12H20N2O2S2/c1-14(2)18(15,16)12-7-4-6-11(10-12)13-8-5-9-17-3/h4,6-7,10,13H,5,8-9H2,1-3H3. The fourth-order valence-corrected chi connectivity index (χ4v) is 2.81. The van der Waals surface area contributed by atoms with Gasteiger partial charge in [-0.1, -0.05) is 6.07 Å². The molecule has 0 fully saturated rings. The summed E-state index contributed by atoms with van der Waals surface area (Å²) in [6.45, 7) is 0.853. The van der Waals surface area contributed by atoms with Crippen molar-refractivity contribution in [3.8, 4) is 0 Å². The molecule has 0 heterocycles. The average molecular weight is 288 g/mol. The maximum Gasteiger partial charge on any atom is 0.242 e. The van der Waals surface area contributed by atoms with Gasteiger partial charge in [0.2, 0.25) is 10.0 Å². The fraction of sp³-hybridized carbons (Fsp3) is 0.500. The lowest BCUT2D eigenvalue weighted by Crippen LogP contribution is -2.22. The van der Waals surface area contributed by atoms with Crippen LogP contribution in [0.25, 0.3) is 0 Å². The third-order valence-corrected chi connectivity index (χ3v) is 4.97. The van der Waals surface area contributed by atoms with E-state index in [1.807, 2.05) is 6.07 Å². The molecular formula is C12H20N2O2S2. The molecule has 1 aromatic rings. The van der Waals surface area contributed by atoms with E-state index in [4.69, 9.17) is 0 Å². The van der Waals surface area contributed by atoms with Gasteiger partial charge in [0, 0.05) is 26.3 Å². The molecule has 0 aliphatic heterocycles. The Morgan fingerprint density at radius 2 is 2.06 bits per heavy atom. The summed E-state index contributed by atoms with van der Waals surface area (Å²) >= 11 is 1.81. The molecule has 0 aliphatic carbocycles. The number of thioether (sulfide) groups is 1. The first-order valence-corrected chi connectivity index (χ1v) is 8.57. The van der Waals surface area contributed by atoms with Crippen molar-refractivity contribution in [2.75, 3.05) is 38.0 Å². The Labute approximate surface area is 114 Å². The van der Waals surface area contributed by atoms with Crippen LogP contribution >= 0.6 is 11.8 Å². The van der Waals surface area contributed by atoms with Gasteiger partial charge < -0.3 is 5.32 Å². The van der Waals surface area contributed by atoms with Crippen LogP contribution in [-0.4, -0.2) is 45.4 Å². The Morgan fingerprint density at radius 3 is 2.67 bits per heavy atom. The highest BCUT2D eigenvalue weighted by Gasteiger charge is 2.16. The van der Waals surface area contributed by atoms with Crippen LogP contribution in [0.3, 0.4) is 0 Å². The van der Waals surface area contributed by atoms with Crippen LogP contribution in [0.15, 0.2) is 29.2 Å². The van der Waals surface area contributed by atoms with E-state index in [0.29, 0.717) is 4.90 Å². The van der Waals surface area contributed by atoms with Crippen molar-refractivity contribution in [1.82, 2.24) is 4.31 Å². The van der Waals surface area contributed by atoms with Gasteiger partial charge in [0.25, 0.3) is 0 Å². The number of nitrogens with one attached hydrogen (secondary N) is 1. The first-order valence-electron chi connectivity index (χ1n) is 5.74. The largest absolute Gasteiger partial charge is 0.385 e. The topological polar surface area (TPSA) is 49.4 Å². The molecule has 0 bridgehead atoms. The minimum absolute atomic E-state index is 0.322. The van der Waals surface area contributed by atoms with Crippen molar-refractivity contribution in [1.29, 1.82) is 0 Å². The molecule has 0 unspecified atom stereocenters. The van der Waals surface area contributed by atoms with E-state index in [1.165, 1.54) is 18.4 Å². The molecule has 0 aromatic heterocycles. The van der Waals surface area contributed by atoms with E-state index in [-0.39, 0.29) is 0 Å². The summed E-state index contributed by atoms with van der Waals surface area (Å²) in [6.07, 6.45) is 3.14. The van der Waals surface area contributed by atoms with E-state index in [2.05, 4.69) is 11.6 Å². The summed E-state index contributed by atoms with van der Waals surface area (Å²) in [4.78, 5) is 0.322. The first kappa shape index (κ1) is 15.3. The third-order valence-electron chi connectivity index (χ3n) is 2.47. The average Bonchev–Trinajstić information content (AvgIpc) is 2.35. The molecule has 0 amide bonds. The lowest BCUT2D eigenvalue weighted by molar-refractivity contribution is 0.521. The lowest BCUT2D eigenvalue weighted by Gasteiger charge is -2.13. The highest BCUT2D eigenvalue weighted by atomic mass is 32.2. The molecule has 0 saturated carbocycles. The fourth-order valence-electron chi connectivity index (χ4n) is 1.43. The number of benzene rings is 1. The second kappa shape index (κ2) is 7.01. The molecule has 0 radical (unpaired) electrons. The number of hydrogen-bond acceptors (Lipinski definition) is 4. The van der Waals surface area contributed by atoms with Crippen molar-refractivity contribution in [3.05, 3.63) is 24.3 Å². The van der Waals surface area contributed by atoms with Crippen molar-refractivity contribution in [2.24, 2.45) is 0 Å². The van der Waals surface area contributed by atoms with Gasteiger partial charge in [-0.25, -0.2) is 12.7 Å². The van der Waals surface area contributed by atoms with E-state index in [9.17, 15) is 8.42 Å². The number of hydrogen-bond donors (Lipinski definition) is 1. The molecule has 1 rings (SSSR count). The third kappa shape index (κ3) is 4.19. The first-order chi connectivity index (χ1) is 8.48. The van der Waals surface area contributed by atoms with Gasteiger partial charge in [-0.05, 0) is 36.6 Å². The second-order valence-corrected chi connectivity index (χ2v) is 7.23. The predicted octanol–water partition coefficient (Wildman–Crippen LogP) is 2.10. The molecule has 0 spiro atoms. The SMILES string of the molecule is CSCCCNc1cccc(S(=O)(=O)N(C)C)c1. The normalized spacial score (nSPS) is 11.8. The Hall–Kier alpha value is -0.720. The minimum atomic E-state index is -3.35. The van der Waals surface area contributed by atoms with Crippen molar-refractivity contribution >= 4 is 27.5 Å². The van der Waals surface area contributed by atoms with Crippen LogP contribution in [0.5, 0.6) is 0 Å². The Kier molecular flexibility index (Phi) is 5.98. The zero-order chi connectivity index (χ0) is 13.6. The molecule has 4 nitrogen and oxygen atoms in total. The van der Waals surface area contributed by atoms with Crippen LogP contribution < -0.4 is 5.32 Å². The zero-order valence-electron chi connectivity index (χ0n) is 11.0. The molecule has 0 aliphatic rings. The Morgan fingerprint density at radius 1 is 1.33 bits per heavy atom. The molecule has 0 saturated heterocycles. The second-order valence-electron chi connectivity index (χ2n) is 4.09. The Bertz CT molecular complexity index is 473. The number of nitrogens with zero attached hydrogens (tertiary/aromatic N) is 1. The molecule has 102 valence electrons. The van der Waals surface area contributed by atoms with E-state index in [1.54, 1.807) is 30.0 Å². The van der Waals surface area contributed by atoms with Gasteiger partial charge in [0.15, 0.2) is 0 Å². The molecule has 6 heteroatoms. The van der Waals surface area contributed by atoms with Gasteiger partial charge >= 0.3 is 0 Å². The van der Waals surface area contributed by atoms with Crippen LogP contribution in [0.4, 0.5) is 5.69 Å². The molecule has 1 N–H and O–H groups in total. The van der Waals surface area contributed by atoms with Crippen molar-refractivity contribution < 1.29 is 8.42 Å². The van der Waals surface area contributed by atoms with Gasteiger partial charge in [0.1, 0.15) is 0 Å². The minimum Gasteiger partial charge on any atom is -0.385 e. The van der Waals surface area contributed by atoms with Crippen LogP contribution in [0.2, 0.25) is 0 Å². The summed E-state index contributed by atoms with van der Waals surface area (Å²) in [5.41, 5.74) is 0.846. The summed E-state index contributed by atoms with van der Waals surface area (Å²) < 4.78 is 25.1. The smallest absolute Gasteiger partial charge is 0.242 e. The van der Waals surface area contributed by atoms with Gasteiger partial charge in [-0.2, -0.15) is 11.8 Å². The molecule has 18 heavy (non-hydrogen) atoms. The highest BCUT2D eigenvalue weighted by Crippen LogP contribution is 2.17. The highest BCUT2D eigenvalue weighted by molar-refractivity contribution is 7.98. The van der Waals surface area contributed by atoms with Crippen LogP contribution in [0, 0.1) is 0 Å². The molecule has 0 atom stereocenters. The summed E-state index contributed by atoms with van der Waals surface area (Å²) in [7, 11) is -0.274. The monoisotopic (exact) mass is 288 g/mol. The lowest BCUT2D eigenvalue weighted by atomic mass is 10.3. The number of sulfonamides is 1. The zero-order valence-corrected chi connectivity index (χ0v) is 12.6. The van der Waals surface area contributed by atoms with E-state index < -0.39 is 10.0 Å². The predicted molar refractivity (Wildman–Crippen MR) is 78.8 cm³/mol. The number of anilines is 1. The summed E-state index contributed by atoms with van der Waals surface area (Å²) in [5, 5.41) is 3.23. The maximum absolute atomic E-state index is 12.0. The molecule has 1 aromatic carbocycles. The number of rotatable bonds is 7. The van der Waals surface area contributed by atoms with Crippen molar-refractivity contribution in [2.45, 2.75) is 11.3 Å². The van der Waals surface area contributed by atoms with E-state index in [0.717, 1.165) is 24.4 Å². The van der Waals surface area contributed by atoms with Crippen LogP contribution in [-0.2, 0) is 10.0 Å². The van der Waals surface area contributed by atoms with Gasteiger partial charge in [-0.15, -0.1) is 0 Å². The maximum atomic E-state index is 12.0. The van der Waals surface area contributed by atoms with Crippen LogP contribution in [0.1, 0.15) is 6.42 Å². The van der Waals surface area contributed by atoms with Crippen molar-refractivity contribution in [3.63, 3.8) is 0 Å². The summed E-state index contributed by atoms with van der Waals surface area (Å²) in [6, 6.07) is 6.93.